The summed E-state index contributed by atoms with van der Waals surface area (Å²) in [6.45, 7) is 1.94. The molecule has 1 heterocycles. The number of aromatic nitrogens is 1. The smallest absolute Gasteiger partial charge is 0.167 e. The van der Waals surface area contributed by atoms with E-state index in [2.05, 4.69) is 10.3 Å². The fourth-order valence-corrected chi connectivity index (χ4v) is 2.31. The summed E-state index contributed by atoms with van der Waals surface area (Å²) in [7, 11) is 1.45. The van der Waals surface area contributed by atoms with Gasteiger partial charge < -0.3 is 10.1 Å². The fourth-order valence-electron chi connectivity index (χ4n) is 2.31. The highest BCUT2D eigenvalue weighted by Crippen LogP contribution is 2.28. The van der Waals surface area contributed by atoms with Gasteiger partial charge in [0, 0.05) is 28.5 Å². The van der Waals surface area contributed by atoms with Gasteiger partial charge in [0.15, 0.2) is 11.6 Å². The molecule has 0 amide bonds. The zero-order chi connectivity index (χ0) is 14.8. The SMILES string of the molecule is COc1ccc(Nc2cc(C)nc3ccccc23)cc1F. The number of para-hydroxylation sites is 1. The van der Waals surface area contributed by atoms with E-state index in [0.29, 0.717) is 5.69 Å². The molecule has 0 saturated heterocycles. The van der Waals surface area contributed by atoms with Crippen LogP contribution in [0, 0.1) is 12.7 Å². The highest BCUT2D eigenvalue weighted by atomic mass is 19.1. The van der Waals surface area contributed by atoms with E-state index >= 15 is 0 Å². The largest absolute Gasteiger partial charge is 0.494 e. The lowest BCUT2D eigenvalue weighted by atomic mass is 10.1. The van der Waals surface area contributed by atoms with Gasteiger partial charge in [-0.25, -0.2) is 4.39 Å². The Morgan fingerprint density at radius 1 is 1.10 bits per heavy atom. The summed E-state index contributed by atoms with van der Waals surface area (Å²) >= 11 is 0. The Labute approximate surface area is 122 Å². The van der Waals surface area contributed by atoms with Crippen molar-refractivity contribution in [2.45, 2.75) is 6.92 Å². The number of benzene rings is 2. The van der Waals surface area contributed by atoms with Gasteiger partial charge in [0.05, 0.1) is 12.6 Å². The van der Waals surface area contributed by atoms with E-state index in [1.807, 2.05) is 37.3 Å². The maximum Gasteiger partial charge on any atom is 0.167 e. The number of aryl methyl sites for hydroxylation is 1. The molecule has 0 aliphatic rings. The van der Waals surface area contributed by atoms with Gasteiger partial charge in [0.1, 0.15) is 0 Å². The number of rotatable bonds is 3. The van der Waals surface area contributed by atoms with Crippen LogP contribution in [-0.4, -0.2) is 12.1 Å². The number of halogens is 1. The molecule has 0 unspecified atom stereocenters. The molecule has 1 N–H and O–H groups in total. The number of nitrogens with zero attached hydrogens (tertiary/aromatic N) is 1. The molecule has 1 aromatic heterocycles. The molecule has 0 radical (unpaired) electrons. The molecule has 0 saturated carbocycles. The van der Waals surface area contributed by atoms with E-state index in [1.165, 1.54) is 13.2 Å². The minimum atomic E-state index is -0.391. The molecule has 2 aromatic carbocycles. The Kier molecular flexibility index (Phi) is 3.44. The van der Waals surface area contributed by atoms with Gasteiger partial charge in [0.25, 0.3) is 0 Å². The zero-order valence-corrected chi connectivity index (χ0v) is 11.9. The zero-order valence-electron chi connectivity index (χ0n) is 11.9. The van der Waals surface area contributed by atoms with E-state index in [1.54, 1.807) is 12.1 Å². The van der Waals surface area contributed by atoms with Crippen LogP contribution in [0.4, 0.5) is 15.8 Å². The average Bonchev–Trinajstić information content (AvgIpc) is 2.47. The minimum absolute atomic E-state index is 0.233. The number of ether oxygens (including phenoxy) is 1. The van der Waals surface area contributed by atoms with Crippen LogP contribution in [0.25, 0.3) is 10.9 Å². The lowest BCUT2D eigenvalue weighted by molar-refractivity contribution is 0.386. The van der Waals surface area contributed by atoms with Crippen LogP contribution in [0.15, 0.2) is 48.5 Å². The van der Waals surface area contributed by atoms with Crippen LogP contribution >= 0.6 is 0 Å². The van der Waals surface area contributed by atoms with Crippen molar-refractivity contribution in [1.82, 2.24) is 4.98 Å². The first kappa shape index (κ1) is 13.4. The van der Waals surface area contributed by atoms with Gasteiger partial charge in [-0.2, -0.15) is 0 Å². The molecule has 3 rings (SSSR count). The van der Waals surface area contributed by atoms with Crippen LogP contribution in [0.1, 0.15) is 5.69 Å². The molecule has 0 atom stereocenters. The molecule has 0 bridgehead atoms. The maximum atomic E-state index is 13.8. The van der Waals surface area contributed by atoms with Crippen molar-refractivity contribution in [1.29, 1.82) is 0 Å². The second-order valence-corrected chi connectivity index (χ2v) is 4.80. The van der Waals surface area contributed by atoms with Crippen molar-refractivity contribution >= 4 is 22.3 Å². The lowest BCUT2D eigenvalue weighted by Gasteiger charge is -2.11. The van der Waals surface area contributed by atoms with Crippen molar-refractivity contribution in [2.75, 3.05) is 12.4 Å². The summed E-state index contributed by atoms with van der Waals surface area (Å²) in [5.41, 5.74) is 3.39. The summed E-state index contributed by atoms with van der Waals surface area (Å²) in [6.07, 6.45) is 0. The first-order valence-corrected chi connectivity index (χ1v) is 6.64. The number of nitrogens with one attached hydrogen (secondary N) is 1. The van der Waals surface area contributed by atoms with Crippen molar-refractivity contribution < 1.29 is 9.13 Å². The van der Waals surface area contributed by atoms with E-state index in [9.17, 15) is 4.39 Å². The van der Waals surface area contributed by atoms with Crippen molar-refractivity contribution in [2.24, 2.45) is 0 Å². The third-order valence-corrected chi connectivity index (χ3v) is 3.28. The topological polar surface area (TPSA) is 34.1 Å². The molecule has 106 valence electrons. The Bertz CT molecular complexity index is 802. The Balaban J connectivity index is 2.03. The van der Waals surface area contributed by atoms with Crippen LogP contribution < -0.4 is 10.1 Å². The third-order valence-electron chi connectivity index (χ3n) is 3.28. The van der Waals surface area contributed by atoms with Crippen LogP contribution in [0.2, 0.25) is 0 Å². The number of hydrogen-bond donors (Lipinski definition) is 1. The number of hydrogen-bond acceptors (Lipinski definition) is 3. The summed E-state index contributed by atoms with van der Waals surface area (Å²) in [6, 6.07) is 14.6. The summed E-state index contributed by atoms with van der Waals surface area (Å²) < 4.78 is 18.7. The monoisotopic (exact) mass is 282 g/mol. The summed E-state index contributed by atoms with van der Waals surface area (Å²) in [4.78, 5) is 4.49. The Morgan fingerprint density at radius 2 is 1.90 bits per heavy atom. The van der Waals surface area contributed by atoms with Gasteiger partial charge in [-0.3, -0.25) is 4.98 Å². The van der Waals surface area contributed by atoms with Crippen molar-refractivity contribution in [3.05, 3.63) is 60.0 Å². The first-order valence-electron chi connectivity index (χ1n) is 6.64. The highest BCUT2D eigenvalue weighted by Gasteiger charge is 2.07. The standard InChI is InChI=1S/C17H15FN2O/c1-11-9-16(13-5-3-4-6-15(13)19-11)20-12-7-8-17(21-2)14(18)10-12/h3-10H,1-2H3,(H,19,20). The number of pyridine rings is 1. The molecule has 21 heavy (non-hydrogen) atoms. The second kappa shape index (κ2) is 5.40. The molecule has 0 fully saturated rings. The van der Waals surface area contributed by atoms with Gasteiger partial charge in [0.2, 0.25) is 0 Å². The van der Waals surface area contributed by atoms with Crippen LogP contribution in [0.3, 0.4) is 0 Å². The van der Waals surface area contributed by atoms with Crippen molar-refractivity contribution in [3.8, 4) is 5.75 Å². The number of anilines is 2. The normalized spacial score (nSPS) is 10.6. The Morgan fingerprint density at radius 3 is 2.67 bits per heavy atom. The van der Waals surface area contributed by atoms with E-state index in [0.717, 1.165) is 22.3 Å². The average molecular weight is 282 g/mol. The fraction of sp³-hybridized carbons (Fsp3) is 0.118. The lowest BCUT2D eigenvalue weighted by Crippen LogP contribution is -1.96. The molecule has 0 spiro atoms. The highest BCUT2D eigenvalue weighted by molar-refractivity contribution is 5.93. The molecule has 3 aromatic rings. The van der Waals surface area contributed by atoms with Gasteiger partial charge >= 0.3 is 0 Å². The molecule has 3 nitrogen and oxygen atoms in total. The summed E-state index contributed by atoms with van der Waals surface area (Å²) in [5, 5.41) is 4.24. The van der Waals surface area contributed by atoms with Gasteiger partial charge in [-0.15, -0.1) is 0 Å². The van der Waals surface area contributed by atoms with Crippen molar-refractivity contribution in [3.63, 3.8) is 0 Å². The summed E-state index contributed by atoms with van der Waals surface area (Å²) in [5.74, 6) is -0.158. The van der Waals surface area contributed by atoms with Crippen LogP contribution in [-0.2, 0) is 0 Å². The maximum absolute atomic E-state index is 13.8. The number of methoxy groups -OCH3 is 1. The predicted octanol–water partition coefficient (Wildman–Crippen LogP) is 4.43. The van der Waals surface area contributed by atoms with E-state index < -0.39 is 5.82 Å². The molecule has 0 aliphatic carbocycles. The second-order valence-electron chi connectivity index (χ2n) is 4.80. The van der Waals surface area contributed by atoms with Gasteiger partial charge in [-0.1, -0.05) is 18.2 Å². The molecular weight excluding hydrogens is 267 g/mol. The van der Waals surface area contributed by atoms with Gasteiger partial charge in [-0.05, 0) is 31.2 Å². The third kappa shape index (κ3) is 2.65. The molecule has 0 aliphatic heterocycles. The number of fused-ring (bicyclic) bond motifs is 1. The molecule has 4 heteroatoms. The predicted molar refractivity (Wildman–Crippen MR) is 82.7 cm³/mol. The Hall–Kier alpha value is -2.62. The quantitative estimate of drug-likeness (QED) is 0.771. The minimum Gasteiger partial charge on any atom is -0.494 e. The van der Waals surface area contributed by atoms with E-state index in [-0.39, 0.29) is 5.75 Å². The van der Waals surface area contributed by atoms with E-state index in [4.69, 9.17) is 4.74 Å². The molecular formula is C17H15FN2O. The first-order chi connectivity index (χ1) is 10.2. The van der Waals surface area contributed by atoms with Crippen LogP contribution in [0.5, 0.6) is 5.75 Å².